The second-order valence-corrected chi connectivity index (χ2v) is 5.30. The molecule has 0 spiro atoms. The van der Waals surface area contributed by atoms with Gasteiger partial charge < -0.3 is 14.6 Å². The van der Waals surface area contributed by atoms with E-state index in [2.05, 4.69) is 0 Å². The number of rotatable bonds is 0. The molecule has 0 aromatic heterocycles. The number of halogens is 1. The fourth-order valence-electron chi connectivity index (χ4n) is 2.73. The van der Waals surface area contributed by atoms with Crippen LogP contribution in [0.5, 0.6) is 11.5 Å². The van der Waals surface area contributed by atoms with Gasteiger partial charge in [-0.1, -0.05) is 18.0 Å². The number of aliphatic hydroxyl groups is 1. The Kier molecular flexibility index (Phi) is 3.35. The Bertz CT molecular complexity index is 459. The molecule has 4 heteroatoms. The molecule has 0 amide bonds. The topological polar surface area (TPSA) is 38.7 Å². The summed E-state index contributed by atoms with van der Waals surface area (Å²) in [4.78, 5) is 0. The maximum Gasteiger partial charge on any atom is 0.167 e. The predicted molar refractivity (Wildman–Crippen MR) is 69.6 cm³/mol. The van der Waals surface area contributed by atoms with Gasteiger partial charge in [-0.3, -0.25) is 0 Å². The Morgan fingerprint density at radius 1 is 1.17 bits per heavy atom. The van der Waals surface area contributed by atoms with Crippen LogP contribution in [-0.4, -0.2) is 18.3 Å². The molecule has 0 unspecified atom stereocenters. The molecule has 1 aliphatic carbocycles. The van der Waals surface area contributed by atoms with Gasteiger partial charge >= 0.3 is 0 Å². The van der Waals surface area contributed by atoms with Crippen LogP contribution in [-0.2, 0) is 6.42 Å². The Hall–Kier alpha value is -0.930. The lowest BCUT2D eigenvalue weighted by atomic mass is 9.99. The van der Waals surface area contributed by atoms with Crippen LogP contribution in [0.25, 0.3) is 0 Å². The number of hydrogen-bond donors (Lipinski definition) is 1. The van der Waals surface area contributed by atoms with E-state index < -0.39 is 6.10 Å². The molecule has 98 valence electrons. The summed E-state index contributed by atoms with van der Waals surface area (Å²) >= 11 is 6.32. The second kappa shape index (κ2) is 4.98. The third-order valence-electron chi connectivity index (χ3n) is 3.62. The highest BCUT2D eigenvalue weighted by atomic mass is 35.5. The molecule has 3 nitrogen and oxygen atoms in total. The van der Waals surface area contributed by atoms with Crippen molar-refractivity contribution in [2.45, 2.75) is 38.2 Å². The van der Waals surface area contributed by atoms with Crippen molar-refractivity contribution in [1.82, 2.24) is 0 Å². The van der Waals surface area contributed by atoms with Crippen molar-refractivity contribution >= 4 is 11.6 Å². The van der Waals surface area contributed by atoms with Crippen molar-refractivity contribution in [2.75, 3.05) is 13.2 Å². The molecule has 0 saturated carbocycles. The van der Waals surface area contributed by atoms with E-state index in [0.717, 1.165) is 43.2 Å². The minimum atomic E-state index is -0.489. The Morgan fingerprint density at radius 3 is 2.89 bits per heavy atom. The summed E-state index contributed by atoms with van der Waals surface area (Å²) < 4.78 is 11.4. The lowest BCUT2D eigenvalue weighted by molar-refractivity contribution is 0.161. The second-order valence-electron chi connectivity index (χ2n) is 4.89. The lowest BCUT2D eigenvalue weighted by Gasteiger charge is -2.19. The molecule has 18 heavy (non-hydrogen) atoms. The third kappa shape index (κ3) is 2.06. The van der Waals surface area contributed by atoms with Crippen LogP contribution >= 0.6 is 11.6 Å². The van der Waals surface area contributed by atoms with E-state index in [1.165, 1.54) is 0 Å². The average molecular weight is 269 g/mol. The summed E-state index contributed by atoms with van der Waals surface area (Å²) in [7, 11) is 0. The van der Waals surface area contributed by atoms with Gasteiger partial charge in [-0.2, -0.15) is 0 Å². The Morgan fingerprint density at radius 2 is 2.00 bits per heavy atom. The summed E-state index contributed by atoms with van der Waals surface area (Å²) in [6.07, 6.45) is 4.12. The fraction of sp³-hybridized carbons (Fsp3) is 0.571. The molecule has 3 rings (SSSR count). The van der Waals surface area contributed by atoms with Gasteiger partial charge in [-0.15, -0.1) is 0 Å². The summed E-state index contributed by atoms with van der Waals surface area (Å²) in [5.74, 6) is 1.39. The number of benzene rings is 1. The Labute approximate surface area is 112 Å². The molecule has 0 bridgehead atoms. The largest absolute Gasteiger partial charge is 0.489 e. The minimum absolute atomic E-state index is 0.489. The maximum absolute atomic E-state index is 10.3. The molecule has 1 aliphatic heterocycles. The maximum atomic E-state index is 10.3. The van der Waals surface area contributed by atoms with Crippen molar-refractivity contribution in [2.24, 2.45) is 0 Å². The first-order chi connectivity index (χ1) is 8.77. The number of fused-ring (bicyclic) bond motifs is 3. The van der Waals surface area contributed by atoms with Gasteiger partial charge in [0.1, 0.15) is 0 Å². The predicted octanol–water partition coefficient (Wildman–Crippen LogP) is 3.26. The van der Waals surface area contributed by atoms with E-state index in [1.807, 2.05) is 6.07 Å². The van der Waals surface area contributed by atoms with E-state index in [0.29, 0.717) is 29.7 Å². The molecule has 0 radical (unpaired) electrons. The Balaban J connectivity index is 2.17. The van der Waals surface area contributed by atoms with Gasteiger partial charge in [0.25, 0.3) is 0 Å². The number of hydrogen-bond acceptors (Lipinski definition) is 3. The van der Waals surface area contributed by atoms with Crippen molar-refractivity contribution in [3.05, 3.63) is 22.2 Å². The summed E-state index contributed by atoms with van der Waals surface area (Å²) in [6.45, 7) is 1.27. The zero-order chi connectivity index (χ0) is 12.5. The van der Waals surface area contributed by atoms with Gasteiger partial charge in [0, 0.05) is 23.1 Å². The zero-order valence-corrected chi connectivity index (χ0v) is 11.0. The molecule has 1 atom stereocenters. The minimum Gasteiger partial charge on any atom is -0.489 e. The molecule has 1 aromatic carbocycles. The molecule has 2 aliphatic rings. The van der Waals surface area contributed by atoms with Crippen molar-refractivity contribution < 1.29 is 14.6 Å². The smallest absolute Gasteiger partial charge is 0.167 e. The van der Waals surface area contributed by atoms with Gasteiger partial charge in [0.15, 0.2) is 11.5 Å². The molecule has 0 fully saturated rings. The molecule has 0 saturated heterocycles. The van der Waals surface area contributed by atoms with E-state index >= 15 is 0 Å². The van der Waals surface area contributed by atoms with Crippen molar-refractivity contribution in [3.63, 3.8) is 0 Å². The van der Waals surface area contributed by atoms with Gasteiger partial charge in [-0.05, 0) is 24.8 Å². The summed E-state index contributed by atoms with van der Waals surface area (Å²) in [5, 5.41) is 11.0. The van der Waals surface area contributed by atoms with Crippen LogP contribution in [0.3, 0.4) is 0 Å². The van der Waals surface area contributed by atoms with Crippen LogP contribution in [0.2, 0.25) is 5.02 Å². The highest BCUT2D eigenvalue weighted by molar-refractivity contribution is 6.31. The van der Waals surface area contributed by atoms with E-state index in [4.69, 9.17) is 21.1 Å². The zero-order valence-electron chi connectivity index (χ0n) is 10.2. The van der Waals surface area contributed by atoms with Crippen molar-refractivity contribution in [3.8, 4) is 11.5 Å². The lowest BCUT2D eigenvalue weighted by Crippen LogP contribution is -2.05. The molecular weight excluding hydrogens is 252 g/mol. The summed E-state index contributed by atoms with van der Waals surface area (Å²) in [5.41, 5.74) is 1.89. The van der Waals surface area contributed by atoms with Gasteiger partial charge in [0.05, 0.1) is 19.3 Å². The first-order valence-corrected chi connectivity index (χ1v) is 6.94. The molecule has 1 aromatic rings. The SMILES string of the molecule is O[C@H]1CCCCc2c(Cl)cc3c(c21)OCCCO3. The first-order valence-electron chi connectivity index (χ1n) is 6.56. The number of ether oxygens (including phenoxy) is 2. The molecule has 1 N–H and O–H groups in total. The van der Waals surface area contributed by atoms with Crippen LogP contribution < -0.4 is 9.47 Å². The molecule has 1 heterocycles. The summed E-state index contributed by atoms with van der Waals surface area (Å²) in [6, 6.07) is 1.83. The fourth-order valence-corrected chi connectivity index (χ4v) is 3.02. The number of aliphatic hydroxyl groups excluding tert-OH is 1. The van der Waals surface area contributed by atoms with Crippen LogP contribution in [0.15, 0.2) is 6.07 Å². The van der Waals surface area contributed by atoms with Gasteiger partial charge in [-0.25, -0.2) is 0 Å². The van der Waals surface area contributed by atoms with E-state index in [1.54, 1.807) is 0 Å². The van der Waals surface area contributed by atoms with E-state index in [9.17, 15) is 5.11 Å². The normalized spacial score (nSPS) is 22.9. The van der Waals surface area contributed by atoms with E-state index in [-0.39, 0.29) is 0 Å². The highest BCUT2D eigenvalue weighted by Crippen LogP contribution is 2.45. The highest BCUT2D eigenvalue weighted by Gasteiger charge is 2.27. The van der Waals surface area contributed by atoms with Crippen LogP contribution in [0, 0.1) is 0 Å². The van der Waals surface area contributed by atoms with Crippen LogP contribution in [0.1, 0.15) is 42.9 Å². The average Bonchev–Trinajstić information content (AvgIpc) is 2.68. The quantitative estimate of drug-likeness (QED) is 0.734. The standard InChI is InChI=1S/C14H17ClO3/c15-10-8-12-14(18-7-3-6-17-12)13-9(10)4-1-2-5-11(13)16/h8,11,16H,1-7H2/t11-/m0/s1. The van der Waals surface area contributed by atoms with Crippen LogP contribution in [0.4, 0.5) is 0 Å². The van der Waals surface area contributed by atoms with Crippen molar-refractivity contribution in [1.29, 1.82) is 0 Å². The first kappa shape index (κ1) is 12.1. The van der Waals surface area contributed by atoms with Gasteiger partial charge in [0.2, 0.25) is 0 Å². The monoisotopic (exact) mass is 268 g/mol. The molecular formula is C14H17ClO3. The third-order valence-corrected chi connectivity index (χ3v) is 3.96.